The number of ether oxygens (including phenoxy) is 1. The van der Waals surface area contributed by atoms with Crippen LogP contribution in [0.1, 0.15) is 18.5 Å². The van der Waals surface area contributed by atoms with Crippen molar-refractivity contribution in [1.29, 1.82) is 0 Å². The van der Waals surface area contributed by atoms with Crippen molar-refractivity contribution in [1.82, 2.24) is 10.1 Å². The van der Waals surface area contributed by atoms with Crippen molar-refractivity contribution >= 4 is 49.3 Å². The lowest BCUT2D eigenvalue weighted by Crippen LogP contribution is -2.38. The number of carbonyl (C=O) groups excluding carboxylic acids is 1. The number of fused-ring (bicyclic) bond motifs is 1. The van der Waals surface area contributed by atoms with Crippen molar-refractivity contribution in [2.75, 3.05) is 18.1 Å². The molecule has 158 valence electrons. The maximum atomic E-state index is 13.4. The molecule has 3 heterocycles. The second-order valence-electron chi connectivity index (χ2n) is 7.46. The molecule has 5 rings (SSSR count). The smallest absolute Gasteiger partial charge is 0.235 e. The molecular formula is C23H20BrN3O3S. The number of benzene rings is 2. The summed E-state index contributed by atoms with van der Waals surface area (Å²) in [7, 11) is 0. The minimum Gasteiger partial charge on any atom is -0.376 e. The summed E-state index contributed by atoms with van der Waals surface area (Å²) in [6.07, 6.45) is 2.14. The van der Waals surface area contributed by atoms with Crippen molar-refractivity contribution in [3.05, 3.63) is 64.1 Å². The Bertz CT molecular complexity index is 1200. The van der Waals surface area contributed by atoms with E-state index in [1.807, 2.05) is 53.9 Å². The summed E-state index contributed by atoms with van der Waals surface area (Å²) < 4.78 is 12.2. The maximum Gasteiger partial charge on any atom is 0.235 e. The third-order valence-corrected chi connectivity index (χ3v) is 6.74. The average molecular weight is 498 g/mol. The molecule has 2 aromatic carbocycles. The van der Waals surface area contributed by atoms with Crippen LogP contribution in [0.4, 0.5) is 5.13 Å². The molecule has 1 aliphatic rings. The van der Waals surface area contributed by atoms with Gasteiger partial charge in [-0.2, -0.15) is 0 Å². The third kappa shape index (κ3) is 4.42. The number of halogens is 1. The molecule has 8 heteroatoms. The molecule has 1 unspecified atom stereocenters. The molecule has 6 nitrogen and oxygen atoms in total. The predicted molar refractivity (Wildman–Crippen MR) is 124 cm³/mol. The van der Waals surface area contributed by atoms with Crippen LogP contribution >= 0.6 is 27.3 Å². The molecule has 1 fully saturated rings. The molecule has 0 N–H and O–H groups in total. The lowest BCUT2D eigenvalue weighted by molar-refractivity contribution is -0.118. The van der Waals surface area contributed by atoms with E-state index in [-0.39, 0.29) is 18.4 Å². The number of hydrogen-bond donors (Lipinski definition) is 0. The molecule has 0 aliphatic carbocycles. The first kappa shape index (κ1) is 20.4. The van der Waals surface area contributed by atoms with Gasteiger partial charge in [0.25, 0.3) is 0 Å². The standard InChI is InChI=1S/C23H20BrN3O3S/c24-16-9-7-15(8-10-16)20-14-31-23(25-20)27(13-17-4-3-11-29-17)22(28)12-19-18-5-1-2-6-21(18)30-26-19/h1-2,5-10,14,17H,3-4,11-13H2. The molecule has 1 atom stereocenters. The van der Waals surface area contributed by atoms with E-state index in [0.717, 1.165) is 40.6 Å². The van der Waals surface area contributed by atoms with Gasteiger partial charge < -0.3 is 9.26 Å². The van der Waals surface area contributed by atoms with Gasteiger partial charge in [0.1, 0.15) is 5.69 Å². The highest BCUT2D eigenvalue weighted by Gasteiger charge is 2.27. The first-order chi connectivity index (χ1) is 15.2. The highest BCUT2D eigenvalue weighted by Crippen LogP contribution is 2.30. The van der Waals surface area contributed by atoms with Crippen molar-refractivity contribution in [2.45, 2.75) is 25.4 Å². The molecule has 0 spiro atoms. The number of carbonyl (C=O) groups is 1. The predicted octanol–water partition coefficient (Wildman–Crippen LogP) is 5.47. The van der Waals surface area contributed by atoms with Crippen LogP contribution < -0.4 is 4.90 Å². The van der Waals surface area contributed by atoms with E-state index in [1.165, 1.54) is 11.3 Å². The van der Waals surface area contributed by atoms with Crippen molar-refractivity contribution in [3.8, 4) is 11.3 Å². The zero-order valence-corrected chi connectivity index (χ0v) is 19.1. The molecule has 2 aromatic heterocycles. The quantitative estimate of drug-likeness (QED) is 0.353. The van der Waals surface area contributed by atoms with E-state index in [9.17, 15) is 4.79 Å². The Morgan fingerprint density at radius 2 is 2.03 bits per heavy atom. The summed E-state index contributed by atoms with van der Waals surface area (Å²) in [6, 6.07) is 15.6. The normalized spacial score (nSPS) is 16.1. The Morgan fingerprint density at radius 3 is 2.84 bits per heavy atom. The Morgan fingerprint density at radius 1 is 1.19 bits per heavy atom. The van der Waals surface area contributed by atoms with Gasteiger partial charge >= 0.3 is 0 Å². The van der Waals surface area contributed by atoms with Gasteiger partial charge in [0, 0.05) is 27.4 Å². The monoisotopic (exact) mass is 497 g/mol. The summed E-state index contributed by atoms with van der Waals surface area (Å²) in [6.45, 7) is 1.23. The number of para-hydroxylation sites is 1. The van der Waals surface area contributed by atoms with E-state index in [1.54, 1.807) is 4.90 Å². The highest BCUT2D eigenvalue weighted by molar-refractivity contribution is 9.10. The van der Waals surface area contributed by atoms with Gasteiger partial charge in [-0.05, 0) is 37.1 Å². The zero-order valence-electron chi connectivity index (χ0n) is 16.7. The van der Waals surface area contributed by atoms with Crippen LogP contribution in [0.25, 0.3) is 22.2 Å². The number of rotatable bonds is 6. The fourth-order valence-corrected chi connectivity index (χ4v) is 4.85. The van der Waals surface area contributed by atoms with Crippen molar-refractivity contribution < 1.29 is 14.1 Å². The second-order valence-corrected chi connectivity index (χ2v) is 9.22. The first-order valence-electron chi connectivity index (χ1n) is 10.1. The SMILES string of the molecule is O=C(Cc1noc2ccccc12)N(CC1CCCO1)c1nc(-c2ccc(Br)cc2)cs1. The molecule has 1 amide bonds. The van der Waals surface area contributed by atoms with Gasteiger partial charge in [0.05, 0.1) is 24.8 Å². The van der Waals surface area contributed by atoms with E-state index < -0.39 is 0 Å². The van der Waals surface area contributed by atoms with Crippen LogP contribution in [0.2, 0.25) is 0 Å². The molecule has 0 radical (unpaired) electrons. The summed E-state index contributed by atoms with van der Waals surface area (Å²) >= 11 is 4.93. The van der Waals surface area contributed by atoms with Crippen molar-refractivity contribution in [2.24, 2.45) is 0 Å². The molecule has 1 saturated heterocycles. The highest BCUT2D eigenvalue weighted by atomic mass is 79.9. The Hall–Kier alpha value is -2.55. The topological polar surface area (TPSA) is 68.5 Å². The summed E-state index contributed by atoms with van der Waals surface area (Å²) in [5.41, 5.74) is 3.19. The fraction of sp³-hybridized carbons (Fsp3) is 0.261. The minimum absolute atomic E-state index is 0.0260. The minimum atomic E-state index is -0.0636. The Kier molecular flexibility index (Phi) is 5.85. The van der Waals surface area contributed by atoms with Crippen LogP contribution in [0, 0.1) is 0 Å². The molecule has 0 bridgehead atoms. The van der Waals surface area contributed by atoms with Gasteiger partial charge in [-0.1, -0.05) is 45.4 Å². The molecular weight excluding hydrogens is 478 g/mol. The van der Waals surface area contributed by atoms with Crippen LogP contribution in [0.3, 0.4) is 0 Å². The molecule has 4 aromatic rings. The maximum absolute atomic E-state index is 13.4. The molecule has 0 saturated carbocycles. The van der Waals surface area contributed by atoms with E-state index in [4.69, 9.17) is 14.2 Å². The summed E-state index contributed by atoms with van der Waals surface area (Å²) in [5, 5.41) is 7.65. The van der Waals surface area contributed by atoms with E-state index in [2.05, 4.69) is 21.1 Å². The first-order valence-corrected chi connectivity index (χ1v) is 11.8. The fourth-order valence-electron chi connectivity index (χ4n) is 3.72. The lowest BCUT2D eigenvalue weighted by atomic mass is 10.1. The Labute approximate surface area is 192 Å². The number of nitrogens with zero attached hydrogens (tertiary/aromatic N) is 3. The van der Waals surface area contributed by atoms with E-state index >= 15 is 0 Å². The van der Waals surface area contributed by atoms with E-state index in [0.29, 0.717) is 23.0 Å². The van der Waals surface area contributed by atoms with Crippen LogP contribution in [-0.2, 0) is 16.0 Å². The lowest BCUT2D eigenvalue weighted by Gasteiger charge is -2.22. The number of amides is 1. The van der Waals surface area contributed by atoms with Crippen LogP contribution in [0.15, 0.2) is 62.9 Å². The van der Waals surface area contributed by atoms with Gasteiger partial charge in [-0.3, -0.25) is 9.69 Å². The van der Waals surface area contributed by atoms with Gasteiger partial charge in [0.15, 0.2) is 10.7 Å². The summed E-state index contributed by atoms with van der Waals surface area (Å²) in [4.78, 5) is 19.9. The third-order valence-electron chi connectivity index (χ3n) is 5.35. The van der Waals surface area contributed by atoms with Gasteiger partial charge in [-0.15, -0.1) is 11.3 Å². The number of aromatic nitrogens is 2. The second kappa shape index (κ2) is 8.90. The largest absolute Gasteiger partial charge is 0.376 e. The average Bonchev–Trinajstić information content (AvgIpc) is 3.54. The number of hydrogen-bond acceptors (Lipinski definition) is 6. The van der Waals surface area contributed by atoms with Crippen LogP contribution in [0.5, 0.6) is 0 Å². The number of thiazole rings is 1. The Balaban J connectivity index is 1.42. The van der Waals surface area contributed by atoms with Crippen LogP contribution in [-0.4, -0.2) is 35.3 Å². The summed E-state index contributed by atoms with van der Waals surface area (Å²) in [5.74, 6) is -0.0636. The molecule has 1 aliphatic heterocycles. The zero-order chi connectivity index (χ0) is 21.2. The van der Waals surface area contributed by atoms with Gasteiger partial charge in [-0.25, -0.2) is 4.98 Å². The number of anilines is 1. The van der Waals surface area contributed by atoms with Gasteiger partial charge in [0.2, 0.25) is 5.91 Å². The van der Waals surface area contributed by atoms with Crippen molar-refractivity contribution in [3.63, 3.8) is 0 Å². The molecule has 31 heavy (non-hydrogen) atoms.